The van der Waals surface area contributed by atoms with E-state index in [4.69, 9.17) is 4.74 Å². The molecule has 0 N–H and O–H groups in total. The number of aldehydes is 1. The molecule has 0 bridgehead atoms. The van der Waals surface area contributed by atoms with Crippen LogP contribution in [0.5, 0.6) is 11.5 Å². The molecule has 0 unspecified atom stereocenters. The van der Waals surface area contributed by atoms with Gasteiger partial charge in [-0.3, -0.25) is 14.9 Å². The van der Waals surface area contributed by atoms with Crippen LogP contribution < -0.4 is 4.74 Å². The zero-order valence-corrected chi connectivity index (χ0v) is 13.0. The van der Waals surface area contributed by atoms with Crippen molar-refractivity contribution in [1.29, 1.82) is 0 Å². The highest BCUT2D eigenvalue weighted by atomic mass is 79.9. The smallest absolute Gasteiger partial charge is 0.280 e. The van der Waals surface area contributed by atoms with E-state index in [-0.39, 0.29) is 11.3 Å². The van der Waals surface area contributed by atoms with Gasteiger partial charge in [-0.1, -0.05) is 15.9 Å². The third-order valence-corrected chi connectivity index (χ3v) is 4.22. The lowest BCUT2D eigenvalue weighted by Crippen LogP contribution is -1.95. The van der Waals surface area contributed by atoms with Gasteiger partial charge in [0, 0.05) is 10.5 Å². The van der Waals surface area contributed by atoms with Crippen LogP contribution in [-0.4, -0.2) is 11.2 Å². The molecule has 2 aromatic carbocycles. The van der Waals surface area contributed by atoms with E-state index in [9.17, 15) is 14.9 Å². The Morgan fingerprint density at radius 2 is 1.76 bits per heavy atom. The number of nitrogens with zero attached hydrogens (tertiary/aromatic N) is 1. The summed E-state index contributed by atoms with van der Waals surface area (Å²) in [4.78, 5) is 21.1. The third-order valence-electron chi connectivity index (χ3n) is 2.97. The molecular formula is C15H12BrNO4. The summed E-state index contributed by atoms with van der Waals surface area (Å²) in [5.41, 5.74) is 1.79. The Kier molecular flexibility index (Phi) is 4.37. The second-order valence-corrected chi connectivity index (χ2v) is 5.36. The standard InChI is InChI=1S/C15H12BrNO4/c1-9-5-13(6-10(2)15(9)16)21-12-3-4-14(17(19)20)11(7-12)8-18/h3-8H,1-2H3. The van der Waals surface area contributed by atoms with Gasteiger partial charge in [-0.25, -0.2) is 0 Å². The van der Waals surface area contributed by atoms with Crippen LogP contribution in [0.1, 0.15) is 21.5 Å². The van der Waals surface area contributed by atoms with Crippen LogP contribution in [0.2, 0.25) is 0 Å². The number of halogens is 1. The molecular weight excluding hydrogens is 338 g/mol. The average Bonchev–Trinajstić information content (AvgIpc) is 2.44. The summed E-state index contributed by atoms with van der Waals surface area (Å²) in [5.74, 6) is 0.989. The van der Waals surface area contributed by atoms with Crippen molar-refractivity contribution < 1.29 is 14.5 Å². The van der Waals surface area contributed by atoms with Gasteiger partial charge in [0.25, 0.3) is 5.69 Å². The number of aryl methyl sites for hydroxylation is 2. The molecule has 0 radical (unpaired) electrons. The minimum Gasteiger partial charge on any atom is -0.457 e. The minimum absolute atomic E-state index is 0.0111. The van der Waals surface area contributed by atoms with Crippen molar-refractivity contribution in [3.05, 3.63) is 61.6 Å². The van der Waals surface area contributed by atoms with Crippen LogP contribution in [0.3, 0.4) is 0 Å². The quantitative estimate of drug-likeness (QED) is 0.460. The van der Waals surface area contributed by atoms with E-state index in [1.165, 1.54) is 18.2 Å². The number of rotatable bonds is 4. The molecule has 6 heteroatoms. The number of hydrogen-bond acceptors (Lipinski definition) is 4. The fraction of sp³-hybridized carbons (Fsp3) is 0.133. The van der Waals surface area contributed by atoms with Gasteiger partial charge in [0.2, 0.25) is 0 Å². The maximum Gasteiger partial charge on any atom is 0.280 e. The van der Waals surface area contributed by atoms with E-state index in [0.29, 0.717) is 17.8 Å². The number of carbonyl (C=O) groups excluding carboxylic acids is 1. The highest BCUT2D eigenvalue weighted by molar-refractivity contribution is 9.10. The van der Waals surface area contributed by atoms with Crippen LogP contribution in [-0.2, 0) is 0 Å². The topological polar surface area (TPSA) is 69.4 Å². The van der Waals surface area contributed by atoms with Crippen molar-refractivity contribution in [2.24, 2.45) is 0 Å². The molecule has 0 fully saturated rings. The Labute approximate surface area is 129 Å². The SMILES string of the molecule is Cc1cc(Oc2ccc([N+](=O)[O-])c(C=O)c2)cc(C)c1Br. The first-order valence-corrected chi connectivity index (χ1v) is 6.90. The van der Waals surface area contributed by atoms with Crippen LogP contribution >= 0.6 is 15.9 Å². The third kappa shape index (κ3) is 3.28. The van der Waals surface area contributed by atoms with Gasteiger partial charge in [0.15, 0.2) is 6.29 Å². The van der Waals surface area contributed by atoms with Crippen LogP contribution in [0.25, 0.3) is 0 Å². The highest BCUT2D eigenvalue weighted by Gasteiger charge is 2.14. The second kappa shape index (κ2) is 6.05. The molecule has 2 aromatic rings. The number of nitro groups is 1. The van der Waals surface area contributed by atoms with Gasteiger partial charge in [-0.2, -0.15) is 0 Å². The zero-order chi connectivity index (χ0) is 15.6. The van der Waals surface area contributed by atoms with Gasteiger partial charge in [-0.15, -0.1) is 0 Å². The molecule has 0 heterocycles. The predicted octanol–water partition coefficient (Wildman–Crippen LogP) is 4.58. The number of hydrogen-bond donors (Lipinski definition) is 0. The van der Waals surface area contributed by atoms with Crippen LogP contribution in [0, 0.1) is 24.0 Å². The van der Waals surface area contributed by atoms with E-state index < -0.39 is 4.92 Å². The maximum atomic E-state index is 10.9. The number of ether oxygens (including phenoxy) is 1. The lowest BCUT2D eigenvalue weighted by molar-refractivity contribution is -0.385. The Bertz CT molecular complexity index is 705. The van der Waals surface area contributed by atoms with E-state index >= 15 is 0 Å². The minimum atomic E-state index is -0.596. The molecule has 0 amide bonds. The molecule has 0 aliphatic rings. The van der Waals surface area contributed by atoms with E-state index in [2.05, 4.69) is 15.9 Å². The number of nitro benzene ring substituents is 1. The van der Waals surface area contributed by atoms with E-state index in [0.717, 1.165) is 15.6 Å². The molecule has 0 atom stereocenters. The van der Waals surface area contributed by atoms with Gasteiger partial charge >= 0.3 is 0 Å². The molecule has 0 aromatic heterocycles. The van der Waals surface area contributed by atoms with E-state index in [1.807, 2.05) is 26.0 Å². The first-order valence-electron chi connectivity index (χ1n) is 6.10. The lowest BCUT2D eigenvalue weighted by Gasteiger charge is -2.10. The van der Waals surface area contributed by atoms with Crippen molar-refractivity contribution in [2.75, 3.05) is 0 Å². The largest absolute Gasteiger partial charge is 0.457 e. The summed E-state index contributed by atoms with van der Waals surface area (Å²) in [5, 5.41) is 10.8. The monoisotopic (exact) mass is 349 g/mol. The number of benzene rings is 2. The molecule has 0 aliphatic heterocycles. The molecule has 0 saturated carbocycles. The molecule has 21 heavy (non-hydrogen) atoms. The Balaban J connectivity index is 2.36. The molecule has 2 rings (SSSR count). The van der Waals surface area contributed by atoms with E-state index in [1.54, 1.807) is 0 Å². The second-order valence-electron chi connectivity index (χ2n) is 4.57. The highest BCUT2D eigenvalue weighted by Crippen LogP contribution is 2.31. The Morgan fingerprint density at radius 1 is 1.14 bits per heavy atom. The maximum absolute atomic E-state index is 10.9. The first-order chi connectivity index (χ1) is 9.92. The van der Waals surface area contributed by atoms with Crippen molar-refractivity contribution in [3.63, 3.8) is 0 Å². The zero-order valence-electron chi connectivity index (χ0n) is 11.4. The summed E-state index contributed by atoms with van der Waals surface area (Å²) < 4.78 is 6.68. The van der Waals surface area contributed by atoms with Crippen molar-refractivity contribution >= 4 is 27.9 Å². The summed E-state index contributed by atoms with van der Waals surface area (Å²) in [7, 11) is 0. The lowest BCUT2D eigenvalue weighted by atomic mass is 10.1. The van der Waals surface area contributed by atoms with Crippen molar-refractivity contribution in [1.82, 2.24) is 0 Å². The summed E-state index contributed by atoms with van der Waals surface area (Å²) in [6.45, 7) is 3.88. The number of carbonyl (C=O) groups is 1. The summed E-state index contributed by atoms with van der Waals surface area (Å²) in [6, 6.07) is 7.78. The van der Waals surface area contributed by atoms with Crippen molar-refractivity contribution in [3.8, 4) is 11.5 Å². The molecule has 0 saturated heterocycles. The van der Waals surface area contributed by atoms with Crippen LogP contribution in [0.4, 0.5) is 5.69 Å². The average molecular weight is 350 g/mol. The fourth-order valence-electron chi connectivity index (χ4n) is 1.96. The molecule has 5 nitrogen and oxygen atoms in total. The molecule has 108 valence electrons. The summed E-state index contributed by atoms with van der Waals surface area (Å²) in [6.07, 6.45) is 0.447. The van der Waals surface area contributed by atoms with Gasteiger partial charge < -0.3 is 4.74 Å². The van der Waals surface area contributed by atoms with Gasteiger partial charge in [0.05, 0.1) is 10.5 Å². The van der Waals surface area contributed by atoms with Crippen LogP contribution in [0.15, 0.2) is 34.8 Å². The first kappa shape index (κ1) is 15.2. The molecule has 0 spiro atoms. The Hall–Kier alpha value is -2.21. The fourth-order valence-corrected chi connectivity index (χ4v) is 2.19. The molecule has 0 aliphatic carbocycles. The summed E-state index contributed by atoms with van der Waals surface area (Å²) >= 11 is 3.47. The Morgan fingerprint density at radius 3 is 2.29 bits per heavy atom. The van der Waals surface area contributed by atoms with Gasteiger partial charge in [0.1, 0.15) is 11.5 Å². The van der Waals surface area contributed by atoms with Gasteiger partial charge in [-0.05, 0) is 49.2 Å². The normalized spacial score (nSPS) is 10.2. The van der Waals surface area contributed by atoms with Crippen molar-refractivity contribution in [2.45, 2.75) is 13.8 Å². The predicted molar refractivity (Wildman–Crippen MR) is 82.2 cm³/mol.